The molecule has 1 unspecified atom stereocenters. The quantitative estimate of drug-likeness (QED) is 0.331. The highest BCUT2D eigenvalue weighted by Crippen LogP contribution is 2.36. The summed E-state index contributed by atoms with van der Waals surface area (Å²) >= 11 is 2.55. The van der Waals surface area contributed by atoms with Gasteiger partial charge < -0.3 is 10.1 Å². The molecule has 0 fully saturated rings. The van der Waals surface area contributed by atoms with Crippen molar-refractivity contribution in [1.82, 2.24) is 19.6 Å². The molecular weight excluding hydrogens is 434 g/mol. The fourth-order valence-corrected chi connectivity index (χ4v) is 4.58. The van der Waals surface area contributed by atoms with Crippen molar-refractivity contribution >= 4 is 45.8 Å². The summed E-state index contributed by atoms with van der Waals surface area (Å²) < 4.78 is 6.72. The van der Waals surface area contributed by atoms with E-state index in [4.69, 9.17) is 4.74 Å². The van der Waals surface area contributed by atoms with E-state index < -0.39 is 11.2 Å². The molecule has 0 bridgehead atoms. The zero-order valence-electron chi connectivity index (χ0n) is 16.8. The Morgan fingerprint density at radius 2 is 2.06 bits per heavy atom. The molecule has 4 rings (SSSR count). The molecule has 0 saturated carbocycles. The molecule has 0 spiro atoms. The largest absolute Gasteiger partial charge is 0.462 e. The summed E-state index contributed by atoms with van der Waals surface area (Å²) in [6, 6.07) is 13.2. The smallest absolute Gasteiger partial charge is 0.341 e. The Balaban J connectivity index is 1.54. The van der Waals surface area contributed by atoms with Gasteiger partial charge in [-0.1, -0.05) is 42.1 Å². The normalized spacial score (nSPS) is 11.9. The van der Waals surface area contributed by atoms with Crippen molar-refractivity contribution in [3.8, 4) is 10.4 Å². The molecule has 158 valence electrons. The van der Waals surface area contributed by atoms with Crippen LogP contribution in [0.1, 0.15) is 24.2 Å². The number of aromatic nitrogens is 4. The molecule has 0 aliphatic heterocycles. The van der Waals surface area contributed by atoms with E-state index >= 15 is 0 Å². The maximum atomic E-state index is 12.9. The van der Waals surface area contributed by atoms with Crippen LogP contribution in [-0.4, -0.2) is 43.3 Å². The number of thiophene rings is 1. The second-order valence-electron chi connectivity index (χ2n) is 6.45. The van der Waals surface area contributed by atoms with E-state index in [1.54, 1.807) is 42.9 Å². The van der Waals surface area contributed by atoms with Gasteiger partial charge >= 0.3 is 5.97 Å². The van der Waals surface area contributed by atoms with Crippen LogP contribution in [0.2, 0.25) is 0 Å². The lowest BCUT2D eigenvalue weighted by molar-refractivity contribution is -0.115. The number of ether oxygens (including phenoxy) is 1. The molecule has 4 aromatic rings. The van der Waals surface area contributed by atoms with Crippen molar-refractivity contribution in [2.75, 3.05) is 11.9 Å². The summed E-state index contributed by atoms with van der Waals surface area (Å²) in [5.41, 5.74) is 1.30. The predicted octanol–water partition coefficient (Wildman–Crippen LogP) is 4.15. The van der Waals surface area contributed by atoms with Gasteiger partial charge in [0.25, 0.3) is 5.78 Å². The Hall–Kier alpha value is -3.24. The minimum absolute atomic E-state index is 0.253. The van der Waals surface area contributed by atoms with Gasteiger partial charge in [0.15, 0.2) is 0 Å². The van der Waals surface area contributed by atoms with Crippen LogP contribution < -0.4 is 5.32 Å². The van der Waals surface area contributed by atoms with E-state index in [2.05, 4.69) is 20.4 Å². The number of nitrogens with zero attached hydrogens (tertiary/aromatic N) is 4. The van der Waals surface area contributed by atoms with Crippen molar-refractivity contribution < 1.29 is 14.3 Å². The van der Waals surface area contributed by atoms with Gasteiger partial charge in [-0.3, -0.25) is 4.79 Å². The van der Waals surface area contributed by atoms with Crippen LogP contribution in [0.5, 0.6) is 0 Å². The van der Waals surface area contributed by atoms with Crippen LogP contribution in [0.15, 0.2) is 60.0 Å². The zero-order chi connectivity index (χ0) is 21.8. The van der Waals surface area contributed by atoms with Crippen LogP contribution in [0.3, 0.4) is 0 Å². The molecule has 0 saturated heterocycles. The van der Waals surface area contributed by atoms with E-state index in [1.807, 2.05) is 30.3 Å². The van der Waals surface area contributed by atoms with E-state index in [0.29, 0.717) is 21.5 Å². The lowest BCUT2D eigenvalue weighted by Gasteiger charge is -2.10. The van der Waals surface area contributed by atoms with Crippen molar-refractivity contribution in [3.63, 3.8) is 0 Å². The molecule has 10 heteroatoms. The minimum atomic E-state index is -0.491. The van der Waals surface area contributed by atoms with Gasteiger partial charge in [0, 0.05) is 17.3 Å². The van der Waals surface area contributed by atoms with Crippen molar-refractivity contribution in [3.05, 3.63) is 60.4 Å². The molecule has 0 aliphatic carbocycles. The van der Waals surface area contributed by atoms with Crippen LogP contribution in [0, 0.1) is 0 Å². The number of thioether (sulfide) groups is 1. The maximum Gasteiger partial charge on any atom is 0.341 e. The number of rotatable bonds is 7. The van der Waals surface area contributed by atoms with Crippen LogP contribution >= 0.6 is 23.1 Å². The molecule has 0 aliphatic rings. The summed E-state index contributed by atoms with van der Waals surface area (Å²) in [6.45, 7) is 3.76. The molecule has 3 aromatic heterocycles. The Morgan fingerprint density at radius 1 is 1.26 bits per heavy atom. The van der Waals surface area contributed by atoms with Crippen molar-refractivity contribution in [1.29, 1.82) is 0 Å². The number of amides is 1. The average molecular weight is 454 g/mol. The maximum absolute atomic E-state index is 12.9. The molecule has 1 atom stereocenters. The second-order valence-corrected chi connectivity index (χ2v) is 8.81. The number of hydrogen-bond donors (Lipinski definition) is 1. The first-order chi connectivity index (χ1) is 15.0. The van der Waals surface area contributed by atoms with Gasteiger partial charge in [-0.05, 0) is 31.5 Å². The number of anilines is 1. The van der Waals surface area contributed by atoms with E-state index in [-0.39, 0.29) is 12.5 Å². The van der Waals surface area contributed by atoms with Gasteiger partial charge in [-0.15, -0.1) is 16.4 Å². The first kappa shape index (κ1) is 21.0. The highest BCUT2D eigenvalue weighted by Gasteiger charge is 2.23. The third-order valence-electron chi connectivity index (χ3n) is 4.27. The number of carbonyl (C=O) groups excluding carboxylic acids is 2. The predicted molar refractivity (Wildman–Crippen MR) is 120 cm³/mol. The van der Waals surface area contributed by atoms with Crippen LogP contribution in [0.4, 0.5) is 5.00 Å². The van der Waals surface area contributed by atoms with Crippen LogP contribution in [0.25, 0.3) is 16.2 Å². The third-order valence-corrected chi connectivity index (χ3v) is 6.32. The average Bonchev–Trinajstić information content (AvgIpc) is 3.38. The van der Waals surface area contributed by atoms with Gasteiger partial charge in [-0.2, -0.15) is 4.98 Å². The molecular formula is C21H19N5O3S2. The zero-order valence-corrected chi connectivity index (χ0v) is 18.4. The summed E-state index contributed by atoms with van der Waals surface area (Å²) in [6.07, 6.45) is 3.37. The van der Waals surface area contributed by atoms with E-state index in [0.717, 1.165) is 10.4 Å². The fourth-order valence-electron chi connectivity index (χ4n) is 2.78. The number of hydrogen-bond acceptors (Lipinski definition) is 8. The Kier molecular flexibility index (Phi) is 6.28. The van der Waals surface area contributed by atoms with E-state index in [9.17, 15) is 9.59 Å². The van der Waals surface area contributed by atoms with Gasteiger partial charge in [0.1, 0.15) is 5.00 Å². The summed E-state index contributed by atoms with van der Waals surface area (Å²) in [5, 5.41) is 7.60. The van der Waals surface area contributed by atoms with Gasteiger partial charge in [0.05, 0.1) is 17.4 Å². The SMILES string of the molecule is CCOC(=O)c1cc(-c2ccccc2)sc1NC(=O)C(C)Sc1nc2ncccn2n1. The topological polar surface area (TPSA) is 98.5 Å². The van der Waals surface area contributed by atoms with Crippen molar-refractivity contribution in [2.45, 2.75) is 24.3 Å². The fraction of sp³-hybridized carbons (Fsp3) is 0.190. The first-order valence-electron chi connectivity index (χ1n) is 9.56. The van der Waals surface area contributed by atoms with Crippen molar-refractivity contribution in [2.24, 2.45) is 0 Å². The third kappa shape index (κ3) is 4.75. The molecule has 3 heterocycles. The molecule has 1 amide bonds. The number of fused-ring (bicyclic) bond motifs is 1. The number of carbonyl (C=O) groups is 2. The minimum Gasteiger partial charge on any atom is -0.462 e. The molecule has 1 aromatic carbocycles. The summed E-state index contributed by atoms with van der Waals surface area (Å²) in [7, 11) is 0. The summed E-state index contributed by atoms with van der Waals surface area (Å²) in [4.78, 5) is 34.6. The monoisotopic (exact) mass is 453 g/mol. The molecule has 1 N–H and O–H groups in total. The lowest BCUT2D eigenvalue weighted by atomic mass is 10.1. The lowest BCUT2D eigenvalue weighted by Crippen LogP contribution is -2.23. The highest BCUT2D eigenvalue weighted by atomic mass is 32.2. The molecule has 0 radical (unpaired) electrons. The standard InChI is InChI=1S/C21H19N5O3S2/c1-3-29-19(28)15-12-16(14-8-5-4-6-9-14)31-18(15)23-17(27)13(2)30-21-24-20-22-10-7-11-26(20)25-21/h4-13H,3H2,1-2H3,(H,23,27). The molecule has 31 heavy (non-hydrogen) atoms. The Bertz CT molecular complexity index is 1190. The number of nitrogens with one attached hydrogen (secondary N) is 1. The first-order valence-corrected chi connectivity index (χ1v) is 11.3. The van der Waals surface area contributed by atoms with E-state index in [1.165, 1.54) is 23.1 Å². The second kappa shape index (κ2) is 9.27. The van der Waals surface area contributed by atoms with Gasteiger partial charge in [0.2, 0.25) is 11.1 Å². The number of esters is 1. The van der Waals surface area contributed by atoms with Gasteiger partial charge in [-0.25, -0.2) is 14.3 Å². The Morgan fingerprint density at radius 3 is 2.81 bits per heavy atom. The number of benzene rings is 1. The summed E-state index contributed by atoms with van der Waals surface area (Å²) in [5.74, 6) is -0.263. The highest BCUT2D eigenvalue weighted by molar-refractivity contribution is 8.00. The van der Waals surface area contributed by atoms with Crippen LogP contribution in [-0.2, 0) is 9.53 Å². The molecule has 8 nitrogen and oxygen atoms in total. The Labute approximate surface area is 186 Å².